The van der Waals surface area contributed by atoms with E-state index in [0.29, 0.717) is 6.04 Å². The van der Waals surface area contributed by atoms with E-state index in [-0.39, 0.29) is 5.91 Å². The molecule has 0 aliphatic heterocycles. The minimum absolute atomic E-state index is 0.0416. The second-order valence-electron chi connectivity index (χ2n) is 4.13. The maximum Gasteiger partial charge on any atom is 0.255 e. The molecule has 1 saturated carbocycles. The fraction of sp³-hybridized carbons (Fsp3) is 0.636. The Morgan fingerprint density at radius 1 is 1.60 bits per heavy atom. The standard InChI is InChI=1S/C11H17N3O/c1-4-9-10(7(2)13-14(9)3)11(15)12-8-5-6-8/h8H,4-6H2,1-3H3,(H,12,15). The summed E-state index contributed by atoms with van der Waals surface area (Å²) in [5.74, 6) is 0.0416. The van der Waals surface area contributed by atoms with E-state index in [1.54, 1.807) is 4.68 Å². The van der Waals surface area contributed by atoms with Crippen LogP contribution in [0.1, 0.15) is 41.5 Å². The molecule has 1 amide bonds. The summed E-state index contributed by atoms with van der Waals surface area (Å²) < 4.78 is 1.80. The number of carbonyl (C=O) groups excluding carboxylic acids is 1. The molecule has 1 N–H and O–H groups in total. The first-order valence-electron chi connectivity index (χ1n) is 5.46. The van der Waals surface area contributed by atoms with Gasteiger partial charge in [-0.1, -0.05) is 6.92 Å². The molecule has 4 nitrogen and oxygen atoms in total. The summed E-state index contributed by atoms with van der Waals surface area (Å²) in [5, 5.41) is 7.29. The number of rotatable bonds is 3. The maximum atomic E-state index is 11.9. The third-order valence-electron chi connectivity index (χ3n) is 2.82. The average molecular weight is 207 g/mol. The Balaban J connectivity index is 2.27. The van der Waals surface area contributed by atoms with Gasteiger partial charge in [0.15, 0.2) is 0 Å². The highest BCUT2D eigenvalue weighted by atomic mass is 16.1. The molecule has 0 saturated heterocycles. The molecule has 0 radical (unpaired) electrons. The van der Waals surface area contributed by atoms with Gasteiger partial charge in [-0.2, -0.15) is 5.10 Å². The largest absolute Gasteiger partial charge is 0.349 e. The van der Waals surface area contributed by atoms with Crippen LogP contribution in [-0.4, -0.2) is 21.7 Å². The van der Waals surface area contributed by atoms with Crippen molar-refractivity contribution in [3.63, 3.8) is 0 Å². The van der Waals surface area contributed by atoms with Crippen molar-refractivity contribution in [3.05, 3.63) is 17.0 Å². The molecule has 82 valence electrons. The Hall–Kier alpha value is -1.32. The lowest BCUT2D eigenvalue weighted by Crippen LogP contribution is -2.26. The van der Waals surface area contributed by atoms with Gasteiger partial charge < -0.3 is 5.32 Å². The van der Waals surface area contributed by atoms with Gasteiger partial charge >= 0.3 is 0 Å². The van der Waals surface area contributed by atoms with Gasteiger partial charge in [-0.15, -0.1) is 0 Å². The number of aromatic nitrogens is 2. The summed E-state index contributed by atoms with van der Waals surface area (Å²) in [6.45, 7) is 3.94. The molecule has 1 aromatic heterocycles. The van der Waals surface area contributed by atoms with E-state index in [0.717, 1.165) is 36.2 Å². The number of hydrogen-bond acceptors (Lipinski definition) is 2. The normalized spacial score (nSPS) is 15.4. The Labute approximate surface area is 89.7 Å². The van der Waals surface area contributed by atoms with Crippen molar-refractivity contribution in [3.8, 4) is 0 Å². The number of carbonyl (C=O) groups is 1. The van der Waals surface area contributed by atoms with Crippen molar-refractivity contribution in [2.45, 2.75) is 39.2 Å². The minimum atomic E-state index is 0.0416. The average Bonchev–Trinajstić information content (AvgIpc) is 2.91. The third kappa shape index (κ3) is 1.89. The molecule has 2 rings (SSSR count). The molecule has 1 aliphatic carbocycles. The first kappa shape index (κ1) is 10.2. The van der Waals surface area contributed by atoms with Crippen LogP contribution in [0.5, 0.6) is 0 Å². The van der Waals surface area contributed by atoms with Crippen LogP contribution in [-0.2, 0) is 13.5 Å². The molecular weight excluding hydrogens is 190 g/mol. The van der Waals surface area contributed by atoms with Gasteiger partial charge in [0.25, 0.3) is 5.91 Å². The van der Waals surface area contributed by atoms with Crippen molar-refractivity contribution in [2.24, 2.45) is 7.05 Å². The van der Waals surface area contributed by atoms with Crippen molar-refractivity contribution >= 4 is 5.91 Å². The molecule has 1 fully saturated rings. The monoisotopic (exact) mass is 207 g/mol. The number of amides is 1. The van der Waals surface area contributed by atoms with Crippen molar-refractivity contribution in [2.75, 3.05) is 0 Å². The smallest absolute Gasteiger partial charge is 0.255 e. The number of nitrogens with zero attached hydrogens (tertiary/aromatic N) is 2. The van der Waals surface area contributed by atoms with E-state index in [9.17, 15) is 4.79 Å². The molecule has 0 atom stereocenters. The van der Waals surface area contributed by atoms with E-state index in [1.807, 2.05) is 20.9 Å². The summed E-state index contributed by atoms with van der Waals surface area (Å²) in [4.78, 5) is 11.9. The quantitative estimate of drug-likeness (QED) is 0.809. The number of nitrogens with one attached hydrogen (secondary N) is 1. The van der Waals surface area contributed by atoms with E-state index in [1.165, 1.54) is 0 Å². The van der Waals surface area contributed by atoms with Gasteiger partial charge in [-0.3, -0.25) is 9.48 Å². The van der Waals surface area contributed by atoms with Crippen molar-refractivity contribution in [1.82, 2.24) is 15.1 Å². The van der Waals surface area contributed by atoms with Crippen molar-refractivity contribution in [1.29, 1.82) is 0 Å². The fourth-order valence-corrected chi connectivity index (χ4v) is 1.89. The molecule has 0 spiro atoms. The Morgan fingerprint density at radius 2 is 2.27 bits per heavy atom. The molecule has 1 aliphatic rings. The zero-order chi connectivity index (χ0) is 11.0. The Kier molecular flexibility index (Phi) is 2.50. The zero-order valence-corrected chi connectivity index (χ0v) is 9.50. The Bertz CT molecular complexity index is 391. The summed E-state index contributed by atoms with van der Waals surface area (Å²) in [7, 11) is 1.89. The molecule has 15 heavy (non-hydrogen) atoms. The highest BCUT2D eigenvalue weighted by Gasteiger charge is 2.26. The van der Waals surface area contributed by atoms with Crippen molar-refractivity contribution < 1.29 is 4.79 Å². The predicted octanol–water partition coefficient (Wildman–Crippen LogP) is 1.18. The zero-order valence-electron chi connectivity index (χ0n) is 9.50. The van der Waals surface area contributed by atoms with Crippen LogP contribution in [0.3, 0.4) is 0 Å². The summed E-state index contributed by atoms with van der Waals surface area (Å²) in [5.41, 5.74) is 2.62. The van der Waals surface area contributed by atoms with Crippen LogP contribution < -0.4 is 5.32 Å². The van der Waals surface area contributed by atoms with E-state index < -0.39 is 0 Å². The van der Waals surface area contributed by atoms with Crippen LogP contribution in [0.4, 0.5) is 0 Å². The van der Waals surface area contributed by atoms with Crippen LogP contribution in [0.15, 0.2) is 0 Å². The molecule has 1 heterocycles. The van der Waals surface area contributed by atoms with Crippen LogP contribution in [0.25, 0.3) is 0 Å². The molecule has 0 unspecified atom stereocenters. The number of hydrogen-bond donors (Lipinski definition) is 1. The summed E-state index contributed by atoms with van der Waals surface area (Å²) in [6.07, 6.45) is 3.07. The molecule has 1 aromatic rings. The van der Waals surface area contributed by atoms with E-state index in [2.05, 4.69) is 10.4 Å². The minimum Gasteiger partial charge on any atom is -0.349 e. The Morgan fingerprint density at radius 3 is 2.80 bits per heavy atom. The van der Waals surface area contributed by atoms with Gasteiger partial charge in [0.05, 0.1) is 17.0 Å². The third-order valence-corrected chi connectivity index (χ3v) is 2.82. The molecule has 4 heteroatoms. The van der Waals surface area contributed by atoms with Gasteiger partial charge in [0.1, 0.15) is 0 Å². The maximum absolute atomic E-state index is 11.9. The molecular formula is C11H17N3O. The summed E-state index contributed by atoms with van der Waals surface area (Å²) >= 11 is 0. The predicted molar refractivity (Wildman–Crippen MR) is 57.8 cm³/mol. The highest BCUT2D eigenvalue weighted by Crippen LogP contribution is 2.21. The first-order chi connectivity index (χ1) is 7.13. The van der Waals surface area contributed by atoms with Crippen LogP contribution in [0, 0.1) is 6.92 Å². The van der Waals surface area contributed by atoms with Gasteiger partial charge in [0.2, 0.25) is 0 Å². The lowest BCUT2D eigenvalue weighted by molar-refractivity contribution is 0.0949. The lowest BCUT2D eigenvalue weighted by Gasteiger charge is -2.04. The van der Waals surface area contributed by atoms with Crippen LogP contribution >= 0.6 is 0 Å². The second kappa shape index (κ2) is 3.68. The topological polar surface area (TPSA) is 46.9 Å². The van der Waals surface area contributed by atoms with E-state index in [4.69, 9.17) is 0 Å². The fourth-order valence-electron chi connectivity index (χ4n) is 1.89. The highest BCUT2D eigenvalue weighted by molar-refractivity contribution is 5.96. The van der Waals surface area contributed by atoms with Gasteiger partial charge in [-0.05, 0) is 26.2 Å². The lowest BCUT2D eigenvalue weighted by atomic mass is 10.1. The summed E-state index contributed by atoms with van der Waals surface area (Å²) in [6, 6.07) is 0.404. The number of aryl methyl sites for hydroxylation is 2. The first-order valence-corrected chi connectivity index (χ1v) is 5.46. The molecule has 0 aromatic carbocycles. The second-order valence-corrected chi connectivity index (χ2v) is 4.13. The van der Waals surface area contributed by atoms with Gasteiger partial charge in [-0.25, -0.2) is 0 Å². The molecule has 0 bridgehead atoms. The van der Waals surface area contributed by atoms with Gasteiger partial charge in [0, 0.05) is 13.1 Å². The SMILES string of the molecule is CCc1c(C(=O)NC2CC2)c(C)nn1C. The van der Waals surface area contributed by atoms with Crippen LogP contribution in [0.2, 0.25) is 0 Å². The van der Waals surface area contributed by atoms with E-state index >= 15 is 0 Å².